The smallest absolute Gasteiger partial charge is 0.407 e. The first kappa shape index (κ1) is 99.6. The van der Waals surface area contributed by atoms with Gasteiger partial charge in [0, 0.05) is 71.3 Å². The summed E-state index contributed by atoms with van der Waals surface area (Å²) in [7, 11) is 4.61. The van der Waals surface area contributed by atoms with E-state index in [2.05, 4.69) is 43.7 Å². The number of ketones is 2. The molecule has 0 spiro atoms. The summed E-state index contributed by atoms with van der Waals surface area (Å²) in [5.74, 6) is -6.34. The molecule has 3 amide bonds. The number of nitrogens with one attached hydrogen (secondary N) is 2. The summed E-state index contributed by atoms with van der Waals surface area (Å²) in [6.45, 7) is 21.3. The largest absolute Gasteiger partial charge is 0.461 e. The highest BCUT2D eigenvalue weighted by molar-refractivity contribution is 6.39. The SMILES string of the molecule is CO[C@H]1C[C@@H]2CC[C@@H](C)[C@@](O)(O2)C(=O)C(=O)N2CCCC[C@H]2C(=O)O[C@H]([C@H](C)C[C@@H]2CC[C@@H](OC(=O)NCCOCCOCCOCCOCCOCCOCCOCCOCCC(=O)N3CCc4cc(C[n+]5cnc(N)c6c(-c7ccc8oc(N)nc8c7)[nH]nc65)ccc4C3)[C@H](OC)C2)CC[C@H](C)/C=C(\C)[C@@H](O)[C@@H](OC)C(=O)[C@H](C)C[C@H](C)/C=C/C=C/C=C/1C. The van der Waals surface area contributed by atoms with Crippen LogP contribution in [0.15, 0.2) is 94.7 Å². The van der Waals surface area contributed by atoms with Crippen LogP contribution in [0, 0.1) is 35.5 Å². The number of hydrogen-bond acceptors (Lipinski definition) is 28. The van der Waals surface area contributed by atoms with Crippen molar-refractivity contribution >= 4 is 69.4 Å². The number of aliphatic hydroxyl groups excluding tert-OH is 1. The summed E-state index contributed by atoms with van der Waals surface area (Å²) in [5, 5.41) is 35.1. The molecule has 1 aliphatic carbocycles. The fourth-order valence-corrected chi connectivity index (χ4v) is 17.4. The number of aromatic nitrogens is 5. The lowest BCUT2D eigenvalue weighted by molar-refractivity contribution is -0.667. The van der Waals surface area contributed by atoms with Gasteiger partial charge in [-0.15, -0.1) is 0 Å². The Kier molecular flexibility index (Phi) is 40.3. The minimum absolute atomic E-state index is 0.0295. The molecule has 5 aliphatic rings. The average Bonchev–Trinajstić information content (AvgIpc) is 1.67. The Morgan fingerprint density at radius 3 is 2.07 bits per heavy atom. The number of H-pyrrole nitrogens is 1. The Labute approximate surface area is 739 Å². The topological polar surface area (TPSA) is 414 Å². The van der Waals surface area contributed by atoms with E-state index in [1.165, 1.54) is 17.6 Å². The van der Waals surface area contributed by atoms with E-state index in [9.17, 15) is 39.0 Å². The lowest BCUT2D eigenvalue weighted by Gasteiger charge is -2.42. The number of fused-ring (bicyclic) bond motifs is 6. The number of anilines is 2. The summed E-state index contributed by atoms with van der Waals surface area (Å²) < 4.78 is 88.8. The fraction of sp³-hybridized carbons (Fsp3) is 0.656. The summed E-state index contributed by atoms with van der Waals surface area (Å²) in [6, 6.07) is 10.9. The Bertz CT molecular complexity index is 4420. The molecule has 4 aliphatic heterocycles. The number of oxazole rings is 1. The third-order valence-electron chi connectivity index (χ3n) is 24.6. The molecule has 7 heterocycles. The van der Waals surface area contributed by atoms with Crippen LogP contribution in [0.25, 0.3) is 33.4 Å². The van der Waals surface area contributed by atoms with Crippen LogP contribution in [0.4, 0.5) is 16.6 Å². The number of nitrogen functional groups attached to an aromatic ring is 2. The molecule has 0 unspecified atom stereocenters. The van der Waals surface area contributed by atoms with Gasteiger partial charge in [-0.25, -0.2) is 19.3 Å². The van der Waals surface area contributed by atoms with Gasteiger partial charge in [0.2, 0.25) is 23.8 Å². The monoisotopic (exact) mass is 1760 g/mol. The Morgan fingerprint density at radius 1 is 0.714 bits per heavy atom. The summed E-state index contributed by atoms with van der Waals surface area (Å²) >= 11 is 0. The molecular weight excluding hydrogens is 1630 g/mol. The number of amides is 3. The Hall–Kier alpha value is -8.52. The van der Waals surface area contributed by atoms with Crippen LogP contribution in [0.5, 0.6) is 0 Å². The predicted octanol–water partition coefficient (Wildman–Crippen LogP) is 9.42. The summed E-state index contributed by atoms with van der Waals surface area (Å²) in [6.07, 6.45) is 15.4. The van der Waals surface area contributed by atoms with Gasteiger partial charge in [0.05, 0.1) is 143 Å². The Balaban J connectivity index is 0.545. The van der Waals surface area contributed by atoms with Crippen molar-refractivity contribution in [3.05, 3.63) is 107 Å². The number of cyclic esters (lactones) is 1. The molecule has 33 heteroatoms. The molecule has 33 nitrogen and oxygen atoms in total. The van der Waals surface area contributed by atoms with Crippen LogP contribution in [-0.2, 0) is 110 Å². The number of esters is 1. The lowest BCUT2D eigenvalue weighted by Crippen LogP contribution is -2.61. The van der Waals surface area contributed by atoms with Crippen LogP contribution < -0.4 is 21.4 Å². The van der Waals surface area contributed by atoms with Crippen molar-refractivity contribution in [3.8, 4) is 11.3 Å². The van der Waals surface area contributed by atoms with Crippen molar-refractivity contribution in [1.29, 1.82) is 0 Å². The second kappa shape index (κ2) is 51.0. The number of allylic oxidation sites excluding steroid dienone is 6. The number of aromatic amines is 1. The van der Waals surface area contributed by atoms with Crippen molar-refractivity contribution in [3.63, 3.8) is 0 Å². The maximum Gasteiger partial charge on any atom is 0.407 e. The van der Waals surface area contributed by atoms with Gasteiger partial charge in [-0.05, 0) is 172 Å². The highest BCUT2D eigenvalue weighted by atomic mass is 16.6. The number of hydrogen-bond donors (Lipinski definition) is 6. The molecule has 1 saturated carbocycles. The van der Waals surface area contributed by atoms with E-state index in [0.717, 1.165) is 34.4 Å². The molecule has 10 rings (SSSR count). The summed E-state index contributed by atoms with van der Waals surface area (Å²) in [5.41, 5.74) is 20.5. The molecule has 0 radical (unpaired) electrons. The molecule has 3 aromatic heterocycles. The van der Waals surface area contributed by atoms with E-state index in [0.29, 0.717) is 229 Å². The van der Waals surface area contributed by atoms with E-state index < -0.39 is 90.1 Å². The standard InChI is InChI=1S/C93H136N10O23/c1-60-16-12-11-13-17-62(3)78(112-8)56-72-25-20-66(7)93(111,126-72)86(107)89(108)103-32-15-14-18-74(103)90(109)123-75(26-19-61(2)51-65(6)84(106)85(114-10)83(105)64(5)50-60)63(4)52-67-22-27-77(79(54-67)113-9)125-92(110)96-31-35-116-37-39-118-41-43-120-45-47-122-49-48-121-46-44-119-42-40-117-38-36-115-34-30-80(104)101-33-29-69-53-68(21-23-71(69)58-101)57-102-59-97-87(94)81-82(99-100-88(81)102)70-24-28-76-73(55-70)98-91(95)124-76/h11-13,16-17,21,23-24,28,51,53,55,59-61,63-64,66-67,72,74-75,77-79,84-85,106,111H,14-15,18-20,22,25-27,29-50,52,54,56-58H2,1-10H3,(H5,94,95,96,98,99,100,110)/p+1/b13-11+,16-12+,62-17+,65-51+/t60-,61+,63-,64-,66-,67+,72+,74+,75+,77-,78+,79-,84-,85+,93-/m1/s1. The van der Waals surface area contributed by atoms with Crippen LogP contribution >= 0.6 is 0 Å². The molecule has 126 heavy (non-hydrogen) atoms. The number of Topliss-reactive ketones (excluding diaryl/α,β-unsaturated/α-hetero) is 2. The van der Waals surface area contributed by atoms with Crippen LogP contribution in [-0.4, -0.2) is 277 Å². The third-order valence-corrected chi connectivity index (χ3v) is 24.6. The first-order chi connectivity index (χ1) is 60.9. The number of nitrogens with zero attached hydrogens (tertiary/aromatic N) is 6. The highest BCUT2D eigenvalue weighted by Crippen LogP contribution is 2.40. The predicted molar refractivity (Wildman–Crippen MR) is 469 cm³/mol. The normalized spacial score (nSPS) is 27.1. The number of aliphatic hydroxyl groups is 2. The number of alkyl carbamates (subject to hydrolysis) is 1. The van der Waals surface area contributed by atoms with E-state index in [1.807, 2.05) is 98.7 Å². The molecule has 2 aromatic carbocycles. The zero-order valence-electron chi connectivity index (χ0n) is 75.3. The fourth-order valence-electron chi connectivity index (χ4n) is 17.4. The van der Waals surface area contributed by atoms with Gasteiger partial charge < -0.3 is 108 Å². The van der Waals surface area contributed by atoms with Gasteiger partial charge in [-0.1, -0.05) is 94.3 Å². The first-order valence-electron chi connectivity index (χ1n) is 45.0. The maximum atomic E-state index is 14.8. The second-order valence-corrected chi connectivity index (χ2v) is 34.1. The Morgan fingerprint density at radius 2 is 1.40 bits per heavy atom. The van der Waals surface area contributed by atoms with E-state index in [1.54, 1.807) is 34.4 Å². The number of nitrogens with two attached hydrogens (primary N) is 2. The number of rotatable bonds is 37. The van der Waals surface area contributed by atoms with Crippen molar-refractivity contribution in [2.75, 3.05) is 158 Å². The molecule has 2 bridgehead atoms. The number of ether oxygens (including phenoxy) is 14. The van der Waals surface area contributed by atoms with Crippen LogP contribution in [0.3, 0.4) is 0 Å². The molecule has 3 fully saturated rings. The quantitative estimate of drug-likeness (QED) is 0.00708. The number of benzene rings is 2. The first-order valence-corrected chi connectivity index (χ1v) is 45.0. The molecule has 8 N–H and O–H groups in total. The van der Waals surface area contributed by atoms with Gasteiger partial charge in [0.1, 0.15) is 41.4 Å². The molecule has 2 saturated heterocycles. The third kappa shape index (κ3) is 29.2. The van der Waals surface area contributed by atoms with Gasteiger partial charge in [-0.2, -0.15) is 4.98 Å². The van der Waals surface area contributed by atoms with E-state index in [4.69, 9.17) is 82.2 Å². The van der Waals surface area contributed by atoms with Gasteiger partial charge in [-0.3, -0.25) is 19.2 Å². The van der Waals surface area contributed by atoms with Crippen molar-refractivity contribution in [1.82, 2.24) is 35.3 Å². The second-order valence-electron chi connectivity index (χ2n) is 34.1. The van der Waals surface area contributed by atoms with Crippen molar-refractivity contribution in [2.24, 2.45) is 35.5 Å². The maximum absolute atomic E-state index is 14.8. The van der Waals surface area contributed by atoms with Crippen LogP contribution in [0.1, 0.15) is 155 Å². The molecule has 15 atom stereocenters. The molecule has 696 valence electrons. The van der Waals surface area contributed by atoms with Crippen LogP contribution in [0.2, 0.25) is 0 Å². The molecular formula is C93H137N10O23+. The lowest BCUT2D eigenvalue weighted by atomic mass is 9.78. The zero-order valence-corrected chi connectivity index (χ0v) is 75.3. The van der Waals surface area contributed by atoms with E-state index >= 15 is 0 Å². The van der Waals surface area contributed by atoms with Gasteiger partial charge >= 0.3 is 17.7 Å². The van der Waals surface area contributed by atoms with Crippen molar-refractivity contribution < 1.29 is 114 Å². The summed E-state index contributed by atoms with van der Waals surface area (Å²) in [4.78, 5) is 95.9. The zero-order chi connectivity index (χ0) is 90.1. The van der Waals surface area contributed by atoms with E-state index in [-0.39, 0.29) is 73.9 Å². The number of methoxy groups -OCH3 is 3. The van der Waals surface area contributed by atoms with Gasteiger partial charge in [0.25, 0.3) is 17.7 Å². The van der Waals surface area contributed by atoms with Crippen molar-refractivity contribution in [2.45, 2.75) is 212 Å². The highest BCUT2D eigenvalue weighted by Gasteiger charge is 2.53. The molecule has 5 aromatic rings. The minimum Gasteiger partial charge on any atom is -0.461 e. The average molecular weight is 1760 g/mol. The number of carbonyl (C=O) groups excluding carboxylic acids is 6. The number of piperidine rings is 1. The minimum atomic E-state index is -2.43. The number of carbonyl (C=O) groups is 6. The van der Waals surface area contributed by atoms with Gasteiger partial charge in [0.15, 0.2) is 11.4 Å².